The maximum Gasteiger partial charge on any atom is 0.322 e. The highest BCUT2D eigenvalue weighted by Gasteiger charge is 2.36. The van der Waals surface area contributed by atoms with Gasteiger partial charge in [0.2, 0.25) is 0 Å². The van der Waals surface area contributed by atoms with Crippen LogP contribution in [0.25, 0.3) is 0 Å². The van der Waals surface area contributed by atoms with Gasteiger partial charge in [-0.1, -0.05) is 32.0 Å². The van der Waals surface area contributed by atoms with Crippen LogP contribution in [0.4, 0.5) is 10.1 Å². The lowest BCUT2D eigenvalue weighted by Crippen LogP contribution is -2.55. The van der Waals surface area contributed by atoms with Gasteiger partial charge in [-0.2, -0.15) is 13.1 Å². The van der Waals surface area contributed by atoms with Crippen LogP contribution in [0, 0.1) is 11.7 Å². The standard InChI is InChI=1S/C23H30FN3O5S/c1-16(2)22(23(29)30)25-33(31,32)27(20-5-3-4-18(24)14-20)19-10-12-26(13-11-19)15-17-6-8-21(28)9-7-17/h3-9,14,16,19,22,25,28H,10-13,15H2,1-2H3,(H,29,30)/t22-/m1/s1. The van der Waals surface area contributed by atoms with E-state index in [2.05, 4.69) is 9.62 Å². The number of carboxylic acids is 1. The van der Waals surface area contributed by atoms with E-state index in [0.29, 0.717) is 32.5 Å². The van der Waals surface area contributed by atoms with E-state index in [1.165, 1.54) is 18.2 Å². The molecule has 3 N–H and O–H groups in total. The molecule has 10 heteroatoms. The van der Waals surface area contributed by atoms with Crippen molar-refractivity contribution >= 4 is 21.9 Å². The van der Waals surface area contributed by atoms with E-state index in [9.17, 15) is 27.8 Å². The van der Waals surface area contributed by atoms with Gasteiger partial charge in [0.1, 0.15) is 17.6 Å². The van der Waals surface area contributed by atoms with Crippen molar-refractivity contribution in [1.29, 1.82) is 0 Å². The topological polar surface area (TPSA) is 110 Å². The molecule has 180 valence electrons. The average molecular weight is 480 g/mol. The molecular weight excluding hydrogens is 449 g/mol. The summed E-state index contributed by atoms with van der Waals surface area (Å²) in [7, 11) is -4.27. The molecule has 2 aromatic carbocycles. The number of halogens is 1. The Balaban J connectivity index is 1.80. The molecule has 1 atom stereocenters. The van der Waals surface area contributed by atoms with E-state index in [-0.39, 0.29) is 11.4 Å². The largest absolute Gasteiger partial charge is 0.508 e. The number of phenolic OH excluding ortho intramolecular Hbond substituents is 1. The van der Waals surface area contributed by atoms with Crippen molar-refractivity contribution in [2.75, 3.05) is 17.4 Å². The Bertz CT molecular complexity index is 1050. The Labute approximate surface area is 193 Å². The summed E-state index contributed by atoms with van der Waals surface area (Å²) in [6.45, 7) is 5.12. The van der Waals surface area contributed by atoms with E-state index in [0.717, 1.165) is 15.9 Å². The molecule has 0 aliphatic carbocycles. The van der Waals surface area contributed by atoms with Crippen molar-refractivity contribution in [2.45, 2.75) is 45.3 Å². The number of benzene rings is 2. The summed E-state index contributed by atoms with van der Waals surface area (Å²) in [6.07, 6.45) is 0.990. The number of carboxylic acid groups (broad SMARTS) is 1. The molecule has 1 fully saturated rings. The number of hydrogen-bond donors (Lipinski definition) is 3. The summed E-state index contributed by atoms with van der Waals surface area (Å²) in [5, 5.41) is 18.9. The first kappa shape index (κ1) is 24.9. The first-order chi connectivity index (χ1) is 15.6. The third-order valence-corrected chi connectivity index (χ3v) is 7.34. The van der Waals surface area contributed by atoms with Crippen molar-refractivity contribution in [3.63, 3.8) is 0 Å². The number of aliphatic carboxylic acids is 1. The van der Waals surface area contributed by atoms with Crippen molar-refractivity contribution in [3.05, 3.63) is 59.9 Å². The number of likely N-dealkylation sites (tertiary alicyclic amines) is 1. The molecule has 0 radical (unpaired) electrons. The average Bonchev–Trinajstić information content (AvgIpc) is 2.75. The number of anilines is 1. The Morgan fingerprint density at radius 3 is 2.36 bits per heavy atom. The maximum atomic E-state index is 14.0. The lowest BCUT2D eigenvalue weighted by Gasteiger charge is -2.39. The minimum absolute atomic E-state index is 0.160. The van der Waals surface area contributed by atoms with Gasteiger partial charge in [-0.05, 0) is 54.7 Å². The highest BCUT2D eigenvalue weighted by molar-refractivity contribution is 7.91. The molecule has 0 unspecified atom stereocenters. The molecule has 0 bridgehead atoms. The monoisotopic (exact) mass is 479 g/mol. The van der Waals surface area contributed by atoms with Crippen LogP contribution in [-0.4, -0.2) is 54.7 Å². The van der Waals surface area contributed by atoms with Gasteiger partial charge in [0.15, 0.2) is 0 Å². The molecule has 2 aromatic rings. The highest BCUT2D eigenvalue weighted by atomic mass is 32.2. The second kappa shape index (κ2) is 10.5. The van der Waals surface area contributed by atoms with Gasteiger partial charge in [0, 0.05) is 25.7 Å². The lowest BCUT2D eigenvalue weighted by atomic mass is 10.0. The van der Waals surface area contributed by atoms with Crippen molar-refractivity contribution in [1.82, 2.24) is 9.62 Å². The van der Waals surface area contributed by atoms with Crippen LogP contribution in [-0.2, 0) is 21.5 Å². The highest BCUT2D eigenvalue weighted by Crippen LogP contribution is 2.28. The van der Waals surface area contributed by atoms with Crippen LogP contribution in [0.5, 0.6) is 5.75 Å². The molecule has 33 heavy (non-hydrogen) atoms. The van der Waals surface area contributed by atoms with Crippen LogP contribution >= 0.6 is 0 Å². The van der Waals surface area contributed by atoms with Crippen LogP contribution < -0.4 is 9.03 Å². The number of hydrogen-bond acceptors (Lipinski definition) is 5. The summed E-state index contributed by atoms with van der Waals surface area (Å²) in [4.78, 5) is 13.8. The van der Waals surface area contributed by atoms with Gasteiger partial charge in [-0.15, -0.1) is 0 Å². The van der Waals surface area contributed by atoms with Crippen LogP contribution in [0.1, 0.15) is 32.3 Å². The number of phenols is 1. The smallest absolute Gasteiger partial charge is 0.322 e. The van der Waals surface area contributed by atoms with Gasteiger partial charge in [-0.3, -0.25) is 14.0 Å². The van der Waals surface area contributed by atoms with Gasteiger partial charge in [0.25, 0.3) is 0 Å². The van der Waals surface area contributed by atoms with E-state index >= 15 is 0 Å². The van der Waals surface area contributed by atoms with Crippen LogP contribution in [0.3, 0.4) is 0 Å². The fourth-order valence-electron chi connectivity index (χ4n) is 4.02. The molecule has 0 spiro atoms. The molecule has 1 aliphatic rings. The van der Waals surface area contributed by atoms with Gasteiger partial charge in [0.05, 0.1) is 5.69 Å². The SMILES string of the molecule is CC(C)[C@@H](NS(=O)(=O)N(c1cccc(F)c1)C1CCN(Cc2ccc(O)cc2)CC1)C(=O)O. The summed E-state index contributed by atoms with van der Waals surface area (Å²) < 4.78 is 44.1. The molecule has 3 rings (SSSR count). The minimum Gasteiger partial charge on any atom is -0.508 e. The summed E-state index contributed by atoms with van der Waals surface area (Å²) in [6, 6.07) is 10.5. The second-order valence-electron chi connectivity index (χ2n) is 8.63. The number of aromatic hydroxyl groups is 1. The minimum atomic E-state index is -4.27. The normalized spacial score (nSPS) is 16.6. The zero-order valence-corrected chi connectivity index (χ0v) is 19.5. The Kier molecular flexibility index (Phi) is 7.93. The zero-order chi connectivity index (χ0) is 24.2. The van der Waals surface area contributed by atoms with Gasteiger partial charge in [-0.25, -0.2) is 4.39 Å². The predicted molar refractivity (Wildman–Crippen MR) is 124 cm³/mol. The predicted octanol–water partition coefficient (Wildman–Crippen LogP) is 2.95. The number of rotatable bonds is 9. The molecular formula is C23H30FN3O5S. The first-order valence-corrected chi connectivity index (χ1v) is 12.3. The van der Waals surface area contributed by atoms with Crippen molar-refractivity contribution in [2.24, 2.45) is 5.92 Å². The number of nitrogens with zero attached hydrogens (tertiary/aromatic N) is 2. The molecule has 1 aliphatic heterocycles. The Hall–Kier alpha value is -2.69. The summed E-state index contributed by atoms with van der Waals surface area (Å²) in [5.41, 5.74) is 1.19. The molecule has 0 aromatic heterocycles. The number of carbonyl (C=O) groups is 1. The molecule has 1 saturated heterocycles. The van der Waals surface area contributed by atoms with E-state index < -0.39 is 40.0 Å². The van der Waals surface area contributed by atoms with E-state index in [1.54, 1.807) is 26.0 Å². The van der Waals surface area contributed by atoms with Crippen LogP contribution in [0.15, 0.2) is 48.5 Å². The third kappa shape index (κ3) is 6.43. The van der Waals surface area contributed by atoms with Gasteiger partial charge < -0.3 is 10.2 Å². The van der Waals surface area contributed by atoms with Gasteiger partial charge >= 0.3 is 16.2 Å². The molecule has 0 saturated carbocycles. The quantitative estimate of drug-likeness (QED) is 0.510. The first-order valence-electron chi connectivity index (χ1n) is 10.9. The summed E-state index contributed by atoms with van der Waals surface area (Å²) >= 11 is 0. The van der Waals surface area contributed by atoms with Crippen LogP contribution in [0.2, 0.25) is 0 Å². The molecule has 1 heterocycles. The van der Waals surface area contributed by atoms with E-state index in [4.69, 9.17) is 0 Å². The summed E-state index contributed by atoms with van der Waals surface area (Å²) in [5.74, 6) is -2.12. The molecule has 8 nitrogen and oxygen atoms in total. The second-order valence-corrected chi connectivity index (χ2v) is 10.2. The van der Waals surface area contributed by atoms with E-state index in [1.807, 2.05) is 12.1 Å². The van der Waals surface area contributed by atoms with Crippen molar-refractivity contribution in [3.8, 4) is 5.75 Å². The van der Waals surface area contributed by atoms with Crippen molar-refractivity contribution < 1.29 is 27.8 Å². The fraction of sp³-hybridized carbons (Fsp3) is 0.435. The number of nitrogens with one attached hydrogen (secondary N) is 1. The fourth-order valence-corrected chi connectivity index (χ4v) is 5.82. The zero-order valence-electron chi connectivity index (χ0n) is 18.7. The Morgan fingerprint density at radius 2 is 1.82 bits per heavy atom. The molecule has 0 amide bonds. The third-order valence-electron chi connectivity index (χ3n) is 5.76. The Morgan fingerprint density at radius 1 is 1.18 bits per heavy atom. The number of piperidine rings is 1. The maximum absolute atomic E-state index is 14.0. The lowest BCUT2D eigenvalue weighted by molar-refractivity contribution is -0.140.